The molecule has 4 nitrogen and oxygen atoms in total. The molecule has 22 heavy (non-hydrogen) atoms. The maximum Gasteiger partial charge on any atom is 0.314 e. The summed E-state index contributed by atoms with van der Waals surface area (Å²) >= 11 is 1.93. The van der Waals surface area contributed by atoms with Gasteiger partial charge >= 0.3 is 6.03 Å². The van der Waals surface area contributed by atoms with Crippen molar-refractivity contribution >= 4 is 17.8 Å². The van der Waals surface area contributed by atoms with E-state index in [1.165, 1.54) is 24.2 Å². The van der Waals surface area contributed by atoms with Crippen molar-refractivity contribution in [2.45, 2.75) is 43.0 Å². The highest BCUT2D eigenvalue weighted by atomic mass is 32.2. The minimum atomic E-state index is -0.936. The molecule has 1 aromatic rings. The summed E-state index contributed by atoms with van der Waals surface area (Å²) in [5.74, 6) is 1.20. The van der Waals surface area contributed by atoms with Crippen LogP contribution in [-0.2, 0) is 12.0 Å². The fourth-order valence-corrected chi connectivity index (χ4v) is 4.58. The van der Waals surface area contributed by atoms with E-state index in [-0.39, 0.29) is 12.6 Å². The van der Waals surface area contributed by atoms with E-state index in [1.807, 2.05) is 30.0 Å². The van der Waals surface area contributed by atoms with Gasteiger partial charge in [0, 0.05) is 11.8 Å². The van der Waals surface area contributed by atoms with Crippen molar-refractivity contribution in [3.63, 3.8) is 0 Å². The Bertz CT molecular complexity index is 531. The zero-order valence-electron chi connectivity index (χ0n) is 12.8. The molecule has 1 heterocycles. The van der Waals surface area contributed by atoms with E-state index in [1.54, 1.807) is 0 Å². The van der Waals surface area contributed by atoms with E-state index in [2.05, 4.69) is 16.7 Å². The molecule has 1 fully saturated rings. The molecular weight excluding hydrogens is 296 g/mol. The minimum absolute atomic E-state index is 0.177. The lowest BCUT2D eigenvalue weighted by Gasteiger charge is -2.34. The van der Waals surface area contributed by atoms with Gasteiger partial charge in [-0.15, -0.1) is 0 Å². The summed E-state index contributed by atoms with van der Waals surface area (Å²) < 4.78 is 0. The van der Waals surface area contributed by atoms with Crippen LogP contribution in [0.5, 0.6) is 0 Å². The summed E-state index contributed by atoms with van der Waals surface area (Å²) in [5.41, 5.74) is 1.22. The molecule has 0 bridgehead atoms. The Labute approximate surface area is 136 Å². The van der Waals surface area contributed by atoms with Crippen LogP contribution in [0.15, 0.2) is 24.3 Å². The van der Waals surface area contributed by atoms with Gasteiger partial charge in [-0.3, -0.25) is 0 Å². The third-order valence-electron chi connectivity index (χ3n) is 4.61. The number of aliphatic hydroxyl groups is 1. The average Bonchev–Trinajstić information content (AvgIpc) is 3.05. The molecule has 0 saturated carbocycles. The summed E-state index contributed by atoms with van der Waals surface area (Å²) in [5, 5.41) is 17.2. The number of carbonyl (C=O) groups excluding carboxylic acids is 1. The lowest BCUT2D eigenvalue weighted by atomic mass is 9.79. The fraction of sp³-hybridized carbons (Fsp3) is 0.588. The van der Waals surface area contributed by atoms with Crippen molar-refractivity contribution < 1.29 is 9.90 Å². The summed E-state index contributed by atoms with van der Waals surface area (Å²) in [7, 11) is 0. The molecule has 2 aliphatic rings. The number of benzene rings is 1. The van der Waals surface area contributed by atoms with E-state index in [0.717, 1.165) is 18.4 Å². The van der Waals surface area contributed by atoms with E-state index in [9.17, 15) is 9.90 Å². The molecular formula is C17H24N2O2S. The predicted molar refractivity (Wildman–Crippen MR) is 90.2 cm³/mol. The first kappa shape index (κ1) is 15.7. The summed E-state index contributed by atoms with van der Waals surface area (Å²) in [6.45, 7) is 0.985. The normalized spacial score (nSPS) is 27.2. The molecule has 2 unspecified atom stereocenters. The van der Waals surface area contributed by atoms with Gasteiger partial charge in [0.25, 0.3) is 0 Å². The van der Waals surface area contributed by atoms with Crippen LogP contribution >= 0.6 is 11.8 Å². The monoisotopic (exact) mass is 320 g/mol. The Kier molecular flexibility index (Phi) is 4.93. The standard InChI is InChI=1S/C17H24N2O2S/c20-16(18-11-14-7-4-10-22-14)19-12-17(21)9-3-6-13-5-1-2-8-15(13)17/h1-2,5,8,14,21H,3-4,6-7,9-12H2,(H2,18,19,20). The lowest BCUT2D eigenvalue weighted by molar-refractivity contribution is 0.0217. The molecule has 3 N–H and O–H groups in total. The van der Waals surface area contributed by atoms with Gasteiger partial charge in [-0.1, -0.05) is 24.3 Å². The minimum Gasteiger partial charge on any atom is -0.383 e. The van der Waals surface area contributed by atoms with Gasteiger partial charge < -0.3 is 15.7 Å². The van der Waals surface area contributed by atoms with Crippen molar-refractivity contribution in [3.8, 4) is 0 Å². The maximum absolute atomic E-state index is 12.0. The number of amides is 2. The van der Waals surface area contributed by atoms with Crippen LogP contribution < -0.4 is 10.6 Å². The Morgan fingerprint density at radius 3 is 3.00 bits per heavy atom. The van der Waals surface area contributed by atoms with Gasteiger partial charge in [-0.25, -0.2) is 4.79 Å². The highest BCUT2D eigenvalue weighted by molar-refractivity contribution is 8.00. The number of aryl methyl sites for hydroxylation is 1. The van der Waals surface area contributed by atoms with Gasteiger partial charge in [0.1, 0.15) is 5.60 Å². The molecule has 1 aliphatic carbocycles. The number of urea groups is 1. The van der Waals surface area contributed by atoms with Gasteiger partial charge in [-0.2, -0.15) is 11.8 Å². The molecule has 1 aromatic carbocycles. The Morgan fingerprint density at radius 1 is 1.32 bits per heavy atom. The Morgan fingerprint density at radius 2 is 2.18 bits per heavy atom. The quantitative estimate of drug-likeness (QED) is 0.798. The predicted octanol–water partition coefficient (Wildman–Crippen LogP) is 2.41. The van der Waals surface area contributed by atoms with Crippen LogP contribution in [-0.4, -0.2) is 35.2 Å². The molecule has 2 atom stereocenters. The van der Waals surface area contributed by atoms with Crippen molar-refractivity contribution in [1.82, 2.24) is 10.6 Å². The molecule has 120 valence electrons. The number of hydrogen-bond acceptors (Lipinski definition) is 3. The van der Waals surface area contributed by atoms with Gasteiger partial charge in [0.15, 0.2) is 0 Å². The molecule has 1 saturated heterocycles. The summed E-state index contributed by atoms with van der Waals surface area (Å²) in [6.07, 6.45) is 5.08. The van der Waals surface area contributed by atoms with E-state index in [0.29, 0.717) is 18.2 Å². The molecule has 5 heteroatoms. The summed E-state index contributed by atoms with van der Waals surface area (Å²) in [4.78, 5) is 12.0. The second kappa shape index (κ2) is 6.92. The maximum atomic E-state index is 12.0. The average molecular weight is 320 g/mol. The number of rotatable bonds is 4. The van der Waals surface area contributed by atoms with Crippen molar-refractivity contribution in [2.24, 2.45) is 0 Å². The van der Waals surface area contributed by atoms with E-state index in [4.69, 9.17) is 0 Å². The molecule has 3 rings (SSSR count). The van der Waals surface area contributed by atoms with Crippen LogP contribution in [0.25, 0.3) is 0 Å². The van der Waals surface area contributed by atoms with Gasteiger partial charge in [0.05, 0.1) is 6.54 Å². The Balaban J connectivity index is 1.53. The first-order valence-corrected chi connectivity index (χ1v) is 9.16. The van der Waals surface area contributed by atoms with Crippen LogP contribution in [0, 0.1) is 0 Å². The molecule has 0 aromatic heterocycles. The first-order valence-electron chi connectivity index (χ1n) is 8.11. The SMILES string of the molecule is O=C(NCC1CCCS1)NCC1(O)CCCc2ccccc21. The van der Waals surface area contributed by atoms with Crippen LogP contribution in [0.4, 0.5) is 4.79 Å². The highest BCUT2D eigenvalue weighted by Crippen LogP contribution is 2.34. The number of fused-ring (bicyclic) bond motifs is 1. The molecule has 1 aliphatic heterocycles. The third-order valence-corrected chi connectivity index (χ3v) is 6.01. The topological polar surface area (TPSA) is 61.4 Å². The van der Waals surface area contributed by atoms with Crippen molar-refractivity contribution in [3.05, 3.63) is 35.4 Å². The van der Waals surface area contributed by atoms with Crippen molar-refractivity contribution in [2.75, 3.05) is 18.8 Å². The molecule has 0 spiro atoms. The lowest BCUT2D eigenvalue weighted by Crippen LogP contribution is -2.47. The van der Waals surface area contributed by atoms with Gasteiger partial charge in [-0.05, 0) is 49.0 Å². The fourth-order valence-electron chi connectivity index (χ4n) is 3.38. The first-order chi connectivity index (χ1) is 10.7. The van der Waals surface area contributed by atoms with Crippen LogP contribution in [0.2, 0.25) is 0 Å². The zero-order valence-corrected chi connectivity index (χ0v) is 13.6. The molecule has 2 amide bonds. The van der Waals surface area contributed by atoms with Crippen LogP contribution in [0.3, 0.4) is 0 Å². The van der Waals surface area contributed by atoms with Gasteiger partial charge in [0.2, 0.25) is 0 Å². The second-order valence-corrected chi connectivity index (χ2v) is 7.65. The highest BCUT2D eigenvalue weighted by Gasteiger charge is 2.34. The number of carbonyl (C=O) groups is 1. The van der Waals surface area contributed by atoms with Crippen LogP contribution in [0.1, 0.15) is 36.8 Å². The number of thioether (sulfide) groups is 1. The molecule has 0 radical (unpaired) electrons. The Hall–Kier alpha value is -1.20. The summed E-state index contributed by atoms with van der Waals surface area (Å²) in [6, 6.07) is 7.82. The van der Waals surface area contributed by atoms with E-state index < -0.39 is 5.60 Å². The van der Waals surface area contributed by atoms with Crippen molar-refractivity contribution in [1.29, 1.82) is 0 Å². The number of hydrogen-bond donors (Lipinski definition) is 3. The second-order valence-electron chi connectivity index (χ2n) is 6.24. The van der Waals surface area contributed by atoms with E-state index >= 15 is 0 Å². The number of nitrogens with one attached hydrogen (secondary N) is 2. The largest absolute Gasteiger partial charge is 0.383 e. The third kappa shape index (κ3) is 3.58. The smallest absolute Gasteiger partial charge is 0.314 e. The zero-order chi connectivity index (χ0) is 15.4.